The molecule has 0 aromatic rings. The lowest BCUT2D eigenvalue weighted by molar-refractivity contribution is -0.150. The number of hydrogen-bond donors (Lipinski definition) is 0. The van der Waals surface area contributed by atoms with Crippen LogP contribution < -0.4 is 0 Å². The Kier molecular flexibility index (Phi) is 4.29. The molecule has 1 rings (SSSR count). The van der Waals surface area contributed by atoms with Gasteiger partial charge in [0.15, 0.2) is 11.6 Å². The highest BCUT2D eigenvalue weighted by atomic mass is 16.7. The highest BCUT2D eigenvalue weighted by Gasteiger charge is 2.30. The molecule has 0 aromatic heterocycles. The molecule has 0 unspecified atom stereocenters. The third-order valence-corrected chi connectivity index (χ3v) is 2.26. The lowest BCUT2D eigenvalue weighted by Gasteiger charge is -2.21. The molecule has 0 aliphatic carbocycles. The van der Waals surface area contributed by atoms with E-state index >= 15 is 0 Å². The van der Waals surface area contributed by atoms with Gasteiger partial charge in [0.2, 0.25) is 0 Å². The van der Waals surface area contributed by atoms with Crippen molar-refractivity contribution in [3.8, 4) is 0 Å². The van der Waals surface area contributed by atoms with E-state index in [9.17, 15) is 4.79 Å². The lowest BCUT2D eigenvalue weighted by Crippen LogP contribution is -2.26. The maximum absolute atomic E-state index is 11.3. The Morgan fingerprint density at radius 3 is 2.64 bits per heavy atom. The van der Waals surface area contributed by atoms with Gasteiger partial charge in [0.25, 0.3) is 0 Å². The zero-order valence-electron chi connectivity index (χ0n) is 8.91. The van der Waals surface area contributed by atoms with Crippen LogP contribution in [0.4, 0.5) is 0 Å². The molecule has 3 nitrogen and oxygen atoms in total. The summed E-state index contributed by atoms with van der Waals surface area (Å²) in [7, 11) is 0. The van der Waals surface area contributed by atoms with Crippen molar-refractivity contribution in [1.29, 1.82) is 0 Å². The second-order valence-corrected chi connectivity index (χ2v) is 3.61. The molecule has 0 amide bonds. The number of rotatable bonds is 5. The Hall–Kier alpha value is -0.670. The van der Waals surface area contributed by atoms with Crippen molar-refractivity contribution in [3.05, 3.63) is 12.2 Å². The zero-order valence-corrected chi connectivity index (χ0v) is 8.91. The normalized spacial score (nSPS) is 20.4. The molecule has 0 radical (unpaired) electrons. The maximum Gasteiger partial charge on any atom is 0.166 e. The summed E-state index contributed by atoms with van der Waals surface area (Å²) in [4.78, 5) is 11.3. The first-order valence-electron chi connectivity index (χ1n) is 5.13. The second-order valence-electron chi connectivity index (χ2n) is 3.61. The zero-order chi connectivity index (χ0) is 10.4. The SMILES string of the molecule is CC/C=C/C(=O)CCC1(C)OCCO1. The van der Waals surface area contributed by atoms with Gasteiger partial charge in [0.1, 0.15) is 0 Å². The Morgan fingerprint density at radius 2 is 2.07 bits per heavy atom. The van der Waals surface area contributed by atoms with E-state index in [0.717, 1.165) is 6.42 Å². The predicted octanol–water partition coefficient (Wildman–Crippen LogP) is 2.06. The molecule has 0 saturated carbocycles. The first-order chi connectivity index (χ1) is 6.66. The summed E-state index contributed by atoms with van der Waals surface area (Å²) < 4.78 is 10.8. The van der Waals surface area contributed by atoms with E-state index in [0.29, 0.717) is 26.1 Å². The van der Waals surface area contributed by atoms with Crippen molar-refractivity contribution in [1.82, 2.24) is 0 Å². The molecule has 1 aliphatic heterocycles. The summed E-state index contributed by atoms with van der Waals surface area (Å²) in [5.41, 5.74) is 0. The van der Waals surface area contributed by atoms with Crippen LogP contribution in [-0.4, -0.2) is 24.8 Å². The van der Waals surface area contributed by atoms with Crippen LogP contribution in [0.2, 0.25) is 0 Å². The van der Waals surface area contributed by atoms with Crippen LogP contribution in [0, 0.1) is 0 Å². The molecule has 1 aliphatic rings. The molecule has 0 spiro atoms. The average Bonchev–Trinajstić information content (AvgIpc) is 2.60. The Labute approximate surface area is 85.1 Å². The van der Waals surface area contributed by atoms with E-state index in [-0.39, 0.29) is 5.78 Å². The number of allylic oxidation sites excluding steroid dienone is 2. The Balaban J connectivity index is 2.25. The molecule has 80 valence electrons. The van der Waals surface area contributed by atoms with Crippen LogP contribution in [0.5, 0.6) is 0 Å². The number of ketones is 1. The fourth-order valence-electron chi connectivity index (χ4n) is 1.38. The third-order valence-electron chi connectivity index (χ3n) is 2.26. The predicted molar refractivity (Wildman–Crippen MR) is 54.0 cm³/mol. The molecule has 0 bridgehead atoms. The van der Waals surface area contributed by atoms with Crippen LogP contribution in [0.3, 0.4) is 0 Å². The van der Waals surface area contributed by atoms with E-state index in [1.165, 1.54) is 0 Å². The lowest BCUT2D eigenvalue weighted by atomic mass is 10.1. The van der Waals surface area contributed by atoms with Crippen molar-refractivity contribution < 1.29 is 14.3 Å². The van der Waals surface area contributed by atoms with Gasteiger partial charge in [-0.2, -0.15) is 0 Å². The molecule has 0 aromatic carbocycles. The molecule has 0 N–H and O–H groups in total. The van der Waals surface area contributed by atoms with E-state index in [1.54, 1.807) is 6.08 Å². The number of carbonyl (C=O) groups excluding carboxylic acids is 1. The van der Waals surface area contributed by atoms with Crippen molar-refractivity contribution in [2.75, 3.05) is 13.2 Å². The first-order valence-corrected chi connectivity index (χ1v) is 5.13. The van der Waals surface area contributed by atoms with Crippen LogP contribution >= 0.6 is 0 Å². The van der Waals surface area contributed by atoms with Crippen LogP contribution in [0.25, 0.3) is 0 Å². The smallest absolute Gasteiger partial charge is 0.166 e. The topological polar surface area (TPSA) is 35.5 Å². The first kappa shape index (κ1) is 11.4. The van der Waals surface area contributed by atoms with Gasteiger partial charge in [0.05, 0.1) is 13.2 Å². The van der Waals surface area contributed by atoms with Gasteiger partial charge >= 0.3 is 0 Å². The van der Waals surface area contributed by atoms with Gasteiger partial charge < -0.3 is 9.47 Å². The van der Waals surface area contributed by atoms with Crippen LogP contribution in [0.1, 0.15) is 33.1 Å². The maximum atomic E-state index is 11.3. The Morgan fingerprint density at radius 1 is 1.43 bits per heavy atom. The number of carbonyl (C=O) groups is 1. The summed E-state index contributed by atoms with van der Waals surface area (Å²) in [5, 5.41) is 0. The fourth-order valence-corrected chi connectivity index (χ4v) is 1.38. The molecule has 0 atom stereocenters. The van der Waals surface area contributed by atoms with Crippen molar-refractivity contribution >= 4 is 5.78 Å². The van der Waals surface area contributed by atoms with Crippen LogP contribution in [0.15, 0.2) is 12.2 Å². The number of ether oxygens (including phenoxy) is 2. The standard InChI is InChI=1S/C11H18O3/c1-3-4-5-10(12)6-7-11(2)13-8-9-14-11/h4-5H,3,6-9H2,1-2H3/b5-4+. The van der Waals surface area contributed by atoms with Crippen molar-refractivity contribution in [2.24, 2.45) is 0 Å². The molecule has 1 saturated heterocycles. The van der Waals surface area contributed by atoms with Crippen molar-refractivity contribution in [3.63, 3.8) is 0 Å². The van der Waals surface area contributed by atoms with Crippen LogP contribution in [-0.2, 0) is 14.3 Å². The summed E-state index contributed by atoms with van der Waals surface area (Å²) in [6, 6.07) is 0. The highest BCUT2D eigenvalue weighted by Crippen LogP contribution is 2.24. The van der Waals surface area contributed by atoms with E-state index in [2.05, 4.69) is 0 Å². The fraction of sp³-hybridized carbons (Fsp3) is 0.727. The summed E-state index contributed by atoms with van der Waals surface area (Å²) in [6.45, 7) is 5.16. The molecular weight excluding hydrogens is 180 g/mol. The average molecular weight is 198 g/mol. The molecular formula is C11H18O3. The summed E-state index contributed by atoms with van der Waals surface area (Å²) in [6.07, 6.45) is 5.54. The van der Waals surface area contributed by atoms with Gasteiger partial charge in [-0.3, -0.25) is 4.79 Å². The van der Waals surface area contributed by atoms with E-state index in [4.69, 9.17) is 9.47 Å². The third kappa shape index (κ3) is 3.60. The van der Waals surface area contributed by atoms with Gasteiger partial charge in [-0.1, -0.05) is 13.0 Å². The van der Waals surface area contributed by atoms with Gasteiger partial charge in [-0.25, -0.2) is 0 Å². The highest BCUT2D eigenvalue weighted by molar-refractivity contribution is 5.89. The van der Waals surface area contributed by atoms with Gasteiger partial charge in [-0.15, -0.1) is 0 Å². The quantitative estimate of drug-likeness (QED) is 0.634. The van der Waals surface area contributed by atoms with Gasteiger partial charge in [-0.05, 0) is 19.4 Å². The van der Waals surface area contributed by atoms with E-state index < -0.39 is 5.79 Å². The summed E-state index contributed by atoms with van der Waals surface area (Å²) >= 11 is 0. The largest absolute Gasteiger partial charge is 0.348 e. The van der Waals surface area contributed by atoms with Crippen molar-refractivity contribution in [2.45, 2.75) is 38.9 Å². The van der Waals surface area contributed by atoms with E-state index in [1.807, 2.05) is 19.9 Å². The number of hydrogen-bond acceptors (Lipinski definition) is 3. The minimum absolute atomic E-state index is 0.146. The monoisotopic (exact) mass is 198 g/mol. The molecule has 1 fully saturated rings. The molecule has 14 heavy (non-hydrogen) atoms. The Bertz CT molecular complexity index is 215. The van der Waals surface area contributed by atoms with Gasteiger partial charge in [0, 0.05) is 12.8 Å². The minimum Gasteiger partial charge on any atom is -0.348 e. The summed E-state index contributed by atoms with van der Waals surface area (Å²) in [5.74, 6) is -0.386. The minimum atomic E-state index is -0.532. The molecule has 1 heterocycles. The molecule has 3 heteroatoms. The second kappa shape index (κ2) is 5.27.